The molecule has 2 atom stereocenters. The first-order chi connectivity index (χ1) is 7.20. The Hall–Kier alpha value is -0.570. The van der Waals surface area contributed by atoms with Crippen molar-refractivity contribution in [2.75, 3.05) is 19.6 Å². The number of unbranched alkanes of at least 4 members (excludes halogenated alkanes) is 1. The van der Waals surface area contributed by atoms with Crippen LogP contribution in [-0.4, -0.2) is 36.5 Å². The topological polar surface area (TPSA) is 32.3 Å². The zero-order chi connectivity index (χ0) is 11.3. The molecule has 0 aromatic carbocycles. The summed E-state index contributed by atoms with van der Waals surface area (Å²) in [6.45, 7) is 9.11. The minimum absolute atomic E-state index is 0.210. The summed E-state index contributed by atoms with van der Waals surface area (Å²) in [5, 5.41) is 3.34. The van der Waals surface area contributed by atoms with Gasteiger partial charge in [-0.1, -0.05) is 13.3 Å². The Morgan fingerprint density at radius 2 is 2.20 bits per heavy atom. The molecule has 0 bridgehead atoms. The predicted molar refractivity (Wildman–Crippen MR) is 62.7 cm³/mol. The van der Waals surface area contributed by atoms with E-state index in [0.717, 1.165) is 38.9 Å². The van der Waals surface area contributed by atoms with Gasteiger partial charge >= 0.3 is 0 Å². The number of rotatable bonds is 5. The molecule has 1 saturated heterocycles. The Balaban J connectivity index is 2.48. The first kappa shape index (κ1) is 12.5. The molecule has 0 spiro atoms. The average molecular weight is 212 g/mol. The second kappa shape index (κ2) is 6.11. The van der Waals surface area contributed by atoms with E-state index >= 15 is 0 Å². The van der Waals surface area contributed by atoms with Gasteiger partial charge < -0.3 is 10.2 Å². The molecule has 15 heavy (non-hydrogen) atoms. The van der Waals surface area contributed by atoms with Gasteiger partial charge in [-0.3, -0.25) is 4.79 Å². The van der Waals surface area contributed by atoms with Crippen LogP contribution < -0.4 is 5.32 Å². The van der Waals surface area contributed by atoms with E-state index in [1.54, 1.807) is 0 Å². The summed E-state index contributed by atoms with van der Waals surface area (Å²) in [7, 11) is 0. The van der Waals surface area contributed by atoms with Crippen LogP contribution in [0.5, 0.6) is 0 Å². The van der Waals surface area contributed by atoms with Crippen LogP contribution in [0.3, 0.4) is 0 Å². The maximum absolute atomic E-state index is 12.2. The van der Waals surface area contributed by atoms with E-state index in [1.807, 2.05) is 4.90 Å². The van der Waals surface area contributed by atoms with Gasteiger partial charge in [-0.2, -0.15) is 0 Å². The zero-order valence-electron chi connectivity index (χ0n) is 10.3. The van der Waals surface area contributed by atoms with Gasteiger partial charge in [0, 0.05) is 19.1 Å². The highest BCUT2D eigenvalue weighted by Crippen LogP contribution is 2.18. The molecule has 0 aromatic rings. The summed E-state index contributed by atoms with van der Waals surface area (Å²) in [6, 6.07) is 0.355. The third kappa shape index (κ3) is 3.20. The second-order valence-electron chi connectivity index (χ2n) is 4.41. The van der Waals surface area contributed by atoms with Gasteiger partial charge in [0.05, 0.1) is 5.92 Å². The van der Waals surface area contributed by atoms with E-state index in [2.05, 4.69) is 26.1 Å². The van der Waals surface area contributed by atoms with Crippen LogP contribution in [0.2, 0.25) is 0 Å². The van der Waals surface area contributed by atoms with Crippen LogP contribution in [0.15, 0.2) is 0 Å². The van der Waals surface area contributed by atoms with Gasteiger partial charge in [-0.25, -0.2) is 0 Å². The Labute approximate surface area is 93.2 Å². The molecule has 0 aliphatic carbocycles. The fraction of sp³-hybridized carbons (Fsp3) is 0.917. The summed E-state index contributed by atoms with van der Waals surface area (Å²) in [5.74, 6) is 0.560. The van der Waals surface area contributed by atoms with Crippen molar-refractivity contribution in [1.29, 1.82) is 0 Å². The molecule has 1 amide bonds. The van der Waals surface area contributed by atoms with Gasteiger partial charge in [0.1, 0.15) is 0 Å². The fourth-order valence-corrected chi connectivity index (χ4v) is 2.20. The van der Waals surface area contributed by atoms with Crippen molar-refractivity contribution in [3.05, 3.63) is 0 Å². The van der Waals surface area contributed by atoms with Gasteiger partial charge in [0.2, 0.25) is 5.91 Å². The fourth-order valence-electron chi connectivity index (χ4n) is 2.20. The normalized spacial score (nSPS) is 25.5. The highest BCUT2D eigenvalue weighted by Gasteiger charge is 2.31. The van der Waals surface area contributed by atoms with E-state index in [1.165, 1.54) is 0 Å². The number of nitrogens with one attached hydrogen (secondary N) is 1. The standard InChI is InChI=1S/C12H24N2O/c1-4-6-9-14(5-2)12(15)11-7-8-13-10(11)3/h10-11,13H,4-9H2,1-3H3. The second-order valence-corrected chi connectivity index (χ2v) is 4.41. The van der Waals surface area contributed by atoms with E-state index in [9.17, 15) is 4.79 Å². The molecule has 88 valence electrons. The lowest BCUT2D eigenvalue weighted by Crippen LogP contribution is -2.40. The number of hydrogen-bond donors (Lipinski definition) is 1. The van der Waals surface area contributed by atoms with Crippen molar-refractivity contribution in [3.8, 4) is 0 Å². The van der Waals surface area contributed by atoms with E-state index in [4.69, 9.17) is 0 Å². The molecule has 3 heteroatoms. The molecule has 3 nitrogen and oxygen atoms in total. The molecule has 0 radical (unpaired) electrons. The lowest BCUT2D eigenvalue weighted by atomic mass is 10.0. The molecule has 1 fully saturated rings. The summed E-state index contributed by atoms with van der Waals surface area (Å²) in [6.07, 6.45) is 3.28. The third-order valence-corrected chi connectivity index (χ3v) is 3.32. The van der Waals surface area contributed by atoms with Crippen LogP contribution >= 0.6 is 0 Å². The summed E-state index contributed by atoms with van der Waals surface area (Å²) >= 11 is 0. The van der Waals surface area contributed by atoms with Crippen LogP contribution in [0, 0.1) is 5.92 Å². The predicted octanol–water partition coefficient (Wildman–Crippen LogP) is 1.63. The summed E-state index contributed by atoms with van der Waals surface area (Å²) in [5.41, 5.74) is 0. The van der Waals surface area contributed by atoms with Crippen molar-refractivity contribution in [3.63, 3.8) is 0 Å². The maximum Gasteiger partial charge on any atom is 0.227 e. The third-order valence-electron chi connectivity index (χ3n) is 3.32. The minimum atomic E-state index is 0.210. The molecular formula is C12H24N2O. The molecule has 1 rings (SSSR count). The highest BCUT2D eigenvalue weighted by atomic mass is 16.2. The number of amides is 1. The minimum Gasteiger partial charge on any atom is -0.343 e. The van der Waals surface area contributed by atoms with Crippen molar-refractivity contribution in [2.24, 2.45) is 5.92 Å². The van der Waals surface area contributed by atoms with Crippen LogP contribution in [0.1, 0.15) is 40.0 Å². The van der Waals surface area contributed by atoms with Crippen molar-refractivity contribution < 1.29 is 4.79 Å². The number of hydrogen-bond acceptors (Lipinski definition) is 2. The Kier molecular flexibility index (Phi) is 5.09. The molecule has 2 unspecified atom stereocenters. The molecule has 1 aliphatic heterocycles. The number of carbonyl (C=O) groups excluding carboxylic acids is 1. The first-order valence-corrected chi connectivity index (χ1v) is 6.22. The van der Waals surface area contributed by atoms with E-state index in [0.29, 0.717) is 11.9 Å². The maximum atomic E-state index is 12.2. The molecular weight excluding hydrogens is 188 g/mol. The smallest absolute Gasteiger partial charge is 0.227 e. The van der Waals surface area contributed by atoms with Gasteiger partial charge in [-0.15, -0.1) is 0 Å². The Morgan fingerprint density at radius 1 is 1.47 bits per heavy atom. The quantitative estimate of drug-likeness (QED) is 0.751. The lowest BCUT2D eigenvalue weighted by molar-refractivity contribution is -0.135. The van der Waals surface area contributed by atoms with Crippen LogP contribution in [0.25, 0.3) is 0 Å². The molecule has 0 saturated carbocycles. The van der Waals surface area contributed by atoms with Gasteiger partial charge in [0.15, 0.2) is 0 Å². The monoisotopic (exact) mass is 212 g/mol. The Bertz CT molecular complexity index is 206. The van der Waals surface area contributed by atoms with Gasteiger partial charge in [-0.05, 0) is 33.2 Å². The average Bonchev–Trinajstić information content (AvgIpc) is 2.65. The van der Waals surface area contributed by atoms with Crippen molar-refractivity contribution in [2.45, 2.75) is 46.1 Å². The summed E-state index contributed by atoms with van der Waals surface area (Å²) < 4.78 is 0. The van der Waals surface area contributed by atoms with Crippen molar-refractivity contribution in [1.82, 2.24) is 10.2 Å². The Morgan fingerprint density at radius 3 is 2.67 bits per heavy atom. The molecule has 1 N–H and O–H groups in total. The van der Waals surface area contributed by atoms with Crippen molar-refractivity contribution >= 4 is 5.91 Å². The van der Waals surface area contributed by atoms with Crippen LogP contribution in [0.4, 0.5) is 0 Å². The highest BCUT2D eigenvalue weighted by molar-refractivity contribution is 5.79. The van der Waals surface area contributed by atoms with E-state index in [-0.39, 0.29) is 5.92 Å². The molecule has 1 aliphatic rings. The number of carbonyl (C=O) groups is 1. The zero-order valence-corrected chi connectivity index (χ0v) is 10.3. The SMILES string of the molecule is CCCCN(CC)C(=O)C1CCNC1C. The number of nitrogens with zero attached hydrogens (tertiary/aromatic N) is 1. The first-order valence-electron chi connectivity index (χ1n) is 6.22. The lowest BCUT2D eigenvalue weighted by Gasteiger charge is -2.25. The van der Waals surface area contributed by atoms with Gasteiger partial charge in [0.25, 0.3) is 0 Å². The van der Waals surface area contributed by atoms with E-state index < -0.39 is 0 Å². The summed E-state index contributed by atoms with van der Waals surface area (Å²) in [4.78, 5) is 14.2. The largest absolute Gasteiger partial charge is 0.343 e. The van der Waals surface area contributed by atoms with Crippen LogP contribution in [-0.2, 0) is 4.79 Å². The molecule has 0 aromatic heterocycles. The molecule has 1 heterocycles.